The van der Waals surface area contributed by atoms with Crippen LogP contribution in [0.25, 0.3) is 0 Å². The lowest BCUT2D eigenvalue weighted by atomic mass is 10.0. The first kappa shape index (κ1) is 12.6. The van der Waals surface area contributed by atoms with Gasteiger partial charge in [-0.2, -0.15) is 0 Å². The van der Waals surface area contributed by atoms with Crippen LogP contribution in [0.4, 0.5) is 0 Å². The molecule has 16 heavy (non-hydrogen) atoms. The van der Waals surface area contributed by atoms with Gasteiger partial charge in [-0.25, -0.2) is 0 Å². The van der Waals surface area contributed by atoms with Crippen LogP contribution < -0.4 is 5.73 Å². The second-order valence-corrected chi connectivity index (χ2v) is 4.10. The Labute approximate surface area is 96.2 Å². The molecular formula is C12H18N2O2. The SMILES string of the molecule is C#CC1CCC(=O)N(C(CC)C(N)=O)CC1. The third-order valence-electron chi connectivity index (χ3n) is 3.07. The minimum atomic E-state index is -0.482. The highest BCUT2D eigenvalue weighted by molar-refractivity contribution is 5.86. The molecule has 1 saturated heterocycles. The summed E-state index contributed by atoms with van der Waals surface area (Å²) >= 11 is 0. The number of likely N-dealkylation sites (tertiary alicyclic amines) is 1. The molecule has 0 aromatic heterocycles. The zero-order chi connectivity index (χ0) is 12.1. The molecule has 0 aromatic rings. The van der Waals surface area contributed by atoms with Crippen LogP contribution in [0.3, 0.4) is 0 Å². The van der Waals surface area contributed by atoms with Gasteiger partial charge in [-0.15, -0.1) is 12.3 Å². The lowest BCUT2D eigenvalue weighted by Crippen LogP contribution is -2.47. The molecule has 0 radical (unpaired) electrons. The van der Waals surface area contributed by atoms with Gasteiger partial charge in [-0.1, -0.05) is 6.92 Å². The molecule has 2 atom stereocenters. The quantitative estimate of drug-likeness (QED) is 0.707. The van der Waals surface area contributed by atoms with Crippen LogP contribution in [0, 0.1) is 18.3 Å². The summed E-state index contributed by atoms with van der Waals surface area (Å²) in [4.78, 5) is 24.6. The highest BCUT2D eigenvalue weighted by Gasteiger charge is 2.29. The molecule has 0 aromatic carbocycles. The highest BCUT2D eigenvalue weighted by atomic mass is 16.2. The third kappa shape index (κ3) is 2.75. The fraction of sp³-hybridized carbons (Fsp3) is 0.667. The van der Waals surface area contributed by atoms with E-state index in [-0.39, 0.29) is 11.8 Å². The number of primary amides is 1. The first-order valence-electron chi connectivity index (χ1n) is 5.65. The smallest absolute Gasteiger partial charge is 0.240 e. The summed E-state index contributed by atoms with van der Waals surface area (Å²) in [5.41, 5.74) is 5.29. The molecular weight excluding hydrogens is 204 g/mol. The number of terminal acetylenes is 1. The van der Waals surface area contributed by atoms with E-state index < -0.39 is 11.9 Å². The maximum absolute atomic E-state index is 11.8. The van der Waals surface area contributed by atoms with Crippen molar-refractivity contribution in [2.45, 2.75) is 38.6 Å². The maximum Gasteiger partial charge on any atom is 0.240 e. The third-order valence-corrected chi connectivity index (χ3v) is 3.07. The lowest BCUT2D eigenvalue weighted by Gasteiger charge is -2.27. The summed E-state index contributed by atoms with van der Waals surface area (Å²) < 4.78 is 0. The number of amides is 2. The lowest BCUT2D eigenvalue weighted by molar-refractivity contribution is -0.139. The van der Waals surface area contributed by atoms with Crippen LogP contribution in [0.15, 0.2) is 0 Å². The van der Waals surface area contributed by atoms with Gasteiger partial charge in [0.25, 0.3) is 0 Å². The van der Waals surface area contributed by atoms with Crippen molar-refractivity contribution < 1.29 is 9.59 Å². The van der Waals surface area contributed by atoms with Gasteiger partial charge in [0.2, 0.25) is 11.8 Å². The Morgan fingerprint density at radius 1 is 1.69 bits per heavy atom. The van der Waals surface area contributed by atoms with Gasteiger partial charge in [0.05, 0.1) is 0 Å². The Morgan fingerprint density at radius 2 is 2.38 bits per heavy atom. The van der Waals surface area contributed by atoms with Crippen LogP contribution in [-0.4, -0.2) is 29.3 Å². The van der Waals surface area contributed by atoms with Crippen LogP contribution in [0.2, 0.25) is 0 Å². The molecule has 2 amide bonds. The van der Waals surface area contributed by atoms with E-state index in [9.17, 15) is 9.59 Å². The fourth-order valence-corrected chi connectivity index (χ4v) is 2.08. The van der Waals surface area contributed by atoms with Crippen molar-refractivity contribution in [1.29, 1.82) is 0 Å². The first-order valence-corrected chi connectivity index (χ1v) is 5.65. The second-order valence-electron chi connectivity index (χ2n) is 4.10. The topological polar surface area (TPSA) is 63.4 Å². The molecule has 1 fully saturated rings. The summed E-state index contributed by atoms with van der Waals surface area (Å²) in [6, 6.07) is -0.482. The molecule has 2 unspecified atom stereocenters. The van der Waals surface area contributed by atoms with E-state index >= 15 is 0 Å². The molecule has 1 rings (SSSR count). The van der Waals surface area contributed by atoms with Crippen LogP contribution >= 0.6 is 0 Å². The first-order chi connectivity index (χ1) is 7.60. The molecule has 4 heteroatoms. The summed E-state index contributed by atoms with van der Waals surface area (Å²) in [6.07, 6.45) is 7.80. The van der Waals surface area contributed by atoms with Crippen LogP contribution in [0.1, 0.15) is 32.6 Å². The summed E-state index contributed by atoms with van der Waals surface area (Å²) in [5, 5.41) is 0. The van der Waals surface area contributed by atoms with Crippen molar-refractivity contribution in [2.24, 2.45) is 11.7 Å². The number of rotatable bonds is 3. The van der Waals surface area contributed by atoms with Gasteiger partial charge in [0.15, 0.2) is 0 Å². The maximum atomic E-state index is 11.8. The molecule has 88 valence electrons. The Bertz CT molecular complexity index is 319. The van der Waals surface area contributed by atoms with E-state index in [1.165, 1.54) is 0 Å². The minimum absolute atomic E-state index is 0.0107. The molecule has 1 aliphatic rings. The predicted molar refractivity (Wildman–Crippen MR) is 61.2 cm³/mol. The molecule has 2 N–H and O–H groups in total. The van der Waals surface area contributed by atoms with Crippen molar-refractivity contribution in [3.05, 3.63) is 0 Å². The van der Waals surface area contributed by atoms with Crippen molar-refractivity contribution in [3.63, 3.8) is 0 Å². The molecule has 0 aliphatic carbocycles. The molecule has 4 nitrogen and oxygen atoms in total. The Morgan fingerprint density at radius 3 is 2.88 bits per heavy atom. The zero-order valence-electron chi connectivity index (χ0n) is 9.61. The molecule has 0 spiro atoms. The van der Waals surface area contributed by atoms with E-state index in [0.717, 1.165) is 6.42 Å². The van der Waals surface area contributed by atoms with Crippen LogP contribution in [-0.2, 0) is 9.59 Å². The number of carbonyl (C=O) groups excluding carboxylic acids is 2. The van der Waals surface area contributed by atoms with E-state index in [4.69, 9.17) is 12.2 Å². The van der Waals surface area contributed by atoms with E-state index in [2.05, 4.69) is 5.92 Å². The van der Waals surface area contributed by atoms with E-state index in [1.807, 2.05) is 6.92 Å². The zero-order valence-corrected chi connectivity index (χ0v) is 9.61. The van der Waals surface area contributed by atoms with Gasteiger partial charge in [-0.05, 0) is 19.3 Å². The molecule has 0 saturated carbocycles. The average molecular weight is 222 g/mol. The van der Waals surface area contributed by atoms with Gasteiger partial charge in [-0.3, -0.25) is 9.59 Å². The van der Waals surface area contributed by atoms with Crippen molar-refractivity contribution in [1.82, 2.24) is 4.90 Å². The van der Waals surface area contributed by atoms with Gasteiger partial charge < -0.3 is 10.6 Å². The van der Waals surface area contributed by atoms with E-state index in [1.54, 1.807) is 4.90 Å². The number of nitrogens with two attached hydrogens (primary N) is 1. The normalized spacial score (nSPS) is 23.4. The predicted octanol–water partition coefficient (Wildman–Crippen LogP) is 0.512. The summed E-state index contributed by atoms with van der Waals surface area (Å²) in [6.45, 7) is 2.39. The number of nitrogens with zero attached hydrogens (tertiary/aromatic N) is 1. The Kier molecular flexibility index (Phi) is 4.36. The largest absolute Gasteiger partial charge is 0.368 e. The van der Waals surface area contributed by atoms with E-state index in [0.29, 0.717) is 25.8 Å². The minimum Gasteiger partial charge on any atom is -0.368 e. The monoisotopic (exact) mass is 222 g/mol. The fourth-order valence-electron chi connectivity index (χ4n) is 2.08. The molecule has 1 aliphatic heterocycles. The van der Waals surface area contributed by atoms with Gasteiger partial charge in [0, 0.05) is 18.9 Å². The van der Waals surface area contributed by atoms with Crippen molar-refractivity contribution in [3.8, 4) is 12.3 Å². The number of carbonyl (C=O) groups is 2. The average Bonchev–Trinajstić information content (AvgIpc) is 2.43. The Balaban J connectivity index is 2.76. The van der Waals surface area contributed by atoms with Gasteiger partial charge in [0.1, 0.15) is 6.04 Å². The highest BCUT2D eigenvalue weighted by Crippen LogP contribution is 2.20. The van der Waals surface area contributed by atoms with Crippen molar-refractivity contribution in [2.75, 3.05) is 6.54 Å². The summed E-state index contributed by atoms with van der Waals surface area (Å²) in [5.74, 6) is 2.37. The van der Waals surface area contributed by atoms with Crippen LogP contribution in [0.5, 0.6) is 0 Å². The number of hydrogen-bond donors (Lipinski definition) is 1. The second kappa shape index (κ2) is 5.55. The van der Waals surface area contributed by atoms with Gasteiger partial charge >= 0.3 is 0 Å². The standard InChI is InChI=1S/C12H18N2O2/c1-3-9-5-6-11(15)14(8-7-9)10(4-2)12(13)16/h1,9-10H,4-8H2,2H3,(H2,13,16). The van der Waals surface area contributed by atoms with Crippen molar-refractivity contribution >= 4 is 11.8 Å². The summed E-state index contributed by atoms with van der Waals surface area (Å²) in [7, 11) is 0. The molecule has 1 heterocycles. The number of hydrogen-bond acceptors (Lipinski definition) is 2. The Hall–Kier alpha value is -1.50. The molecule has 0 bridgehead atoms.